The Morgan fingerprint density at radius 3 is 2.52 bits per heavy atom. The number of sulfonamides is 1. The van der Waals surface area contributed by atoms with Gasteiger partial charge >= 0.3 is 0 Å². The van der Waals surface area contributed by atoms with E-state index < -0.39 is 21.7 Å². The number of aryl methyl sites for hydroxylation is 2. The van der Waals surface area contributed by atoms with Gasteiger partial charge in [-0.2, -0.15) is 0 Å². The van der Waals surface area contributed by atoms with Gasteiger partial charge in [0.25, 0.3) is 15.9 Å². The molecule has 0 radical (unpaired) electrons. The highest BCUT2D eigenvalue weighted by molar-refractivity contribution is 7.92. The molecule has 31 heavy (non-hydrogen) atoms. The fraction of sp³-hybridized carbons (Fsp3) is 0.0909. The van der Waals surface area contributed by atoms with Crippen molar-refractivity contribution in [1.82, 2.24) is 4.98 Å². The number of rotatable bonds is 5. The fourth-order valence-corrected chi connectivity index (χ4v) is 5.10. The van der Waals surface area contributed by atoms with Crippen molar-refractivity contribution in [3.8, 4) is 0 Å². The zero-order valence-electron chi connectivity index (χ0n) is 16.6. The van der Waals surface area contributed by atoms with E-state index in [0.717, 1.165) is 21.8 Å². The lowest BCUT2D eigenvalue weighted by Gasteiger charge is -2.11. The second-order valence-electron chi connectivity index (χ2n) is 6.96. The quantitative estimate of drug-likeness (QED) is 0.438. The largest absolute Gasteiger partial charge is 0.298 e. The predicted molar refractivity (Wildman–Crippen MR) is 121 cm³/mol. The molecule has 1 heterocycles. The molecule has 0 bridgehead atoms. The van der Waals surface area contributed by atoms with Crippen LogP contribution in [0.3, 0.4) is 0 Å². The number of hydrogen-bond acceptors (Lipinski definition) is 5. The highest BCUT2D eigenvalue weighted by Gasteiger charge is 2.20. The van der Waals surface area contributed by atoms with E-state index in [0.29, 0.717) is 10.7 Å². The first-order chi connectivity index (χ1) is 14.7. The molecule has 0 saturated heterocycles. The van der Waals surface area contributed by atoms with E-state index in [9.17, 15) is 17.6 Å². The Hall–Kier alpha value is -3.30. The predicted octanol–water partition coefficient (Wildman–Crippen LogP) is 5.11. The second kappa shape index (κ2) is 8.09. The van der Waals surface area contributed by atoms with Gasteiger partial charge in [-0.15, -0.1) is 0 Å². The van der Waals surface area contributed by atoms with Gasteiger partial charge in [0.2, 0.25) is 0 Å². The number of fused-ring (bicyclic) bond motifs is 1. The van der Waals surface area contributed by atoms with Crippen LogP contribution < -0.4 is 10.0 Å². The topological polar surface area (TPSA) is 88.2 Å². The Morgan fingerprint density at radius 2 is 1.77 bits per heavy atom. The van der Waals surface area contributed by atoms with E-state index in [2.05, 4.69) is 15.0 Å². The van der Waals surface area contributed by atoms with E-state index in [1.165, 1.54) is 47.7 Å². The lowest BCUT2D eigenvalue weighted by atomic mass is 10.1. The highest BCUT2D eigenvalue weighted by atomic mass is 32.2. The van der Waals surface area contributed by atoms with Crippen molar-refractivity contribution in [3.63, 3.8) is 0 Å². The zero-order chi connectivity index (χ0) is 22.2. The molecule has 0 saturated carbocycles. The van der Waals surface area contributed by atoms with Crippen LogP contribution >= 0.6 is 11.3 Å². The number of halogens is 1. The molecular formula is C22H18FN3O3S2. The molecule has 158 valence electrons. The van der Waals surface area contributed by atoms with Crippen LogP contribution in [0.15, 0.2) is 65.6 Å². The van der Waals surface area contributed by atoms with Crippen LogP contribution in [0.5, 0.6) is 0 Å². The van der Waals surface area contributed by atoms with Crippen LogP contribution in [0.25, 0.3) is 10.2 Å². The average molecular weight is 456 g/mol. The zero-order valence-corrected chi connectivity index (χ0v) is 18.3. The van der Waals surface area contributed by atoms with E-state index >= 15 is 0 Å². The van der Waals surface area contributed by atoms with Crippen molar-refractivity contribution >= 4 is 48.3 Å². The third-order valence-electron chi connectivity index (χ3n) is 4.72. The van der Waals surface area contributed by atoms with Gasteiger partial charge in [0.05, 0.1) is 20.8 Å². The van der Waals surface area contributed by atoms with E-state index in [4.69, 9.17) is 0 Å². The molecule has 2 N–H and O–H groups in total. The van der Waals surface area contributed by atoms with Gasteiger partial charge in [0.15, 0.2) is 5.13 Å². The molecular weight excluding hydrogens is 437 g/mol. The van der Waals surface area contributed by atoms with Gasteiger partial charge in [0.1, 0.15) is 5.82 Å². The minimum atomic E-state index is -4.09. The van der Waals surface area contributed by atoms with Crippen molar-refractivity contribution in [2.45, 2.75) is 18.7 Å². The number of amides is 1. The Labute approximate surface area is 182 Å². The lowest BCUT2D eigenvalue weighted by molar-refractivity contribution is 0.102. The summed E-state index contributed by atoms with van der Waals surface area (Å²) in [5, 5.41) is 3.17. The summed E-state index contributed by atoms with van der Waals surface area (Å²) in [6.07, 6.45) is 0. The summed E-state index contributed by atoms with van der Waals surface area (Å²) in [6, 6.07) is 15.4. The van der Waals surface area contributed by atoms with Crippen molar-refractivity contribution < 1.29 is 17.6 Å². The Morgan fingerprint density at radius 1 is 1.00 bits per heavy atom. The molecule has 0 aliphatic carbocycles. The molecule has 0 aliphatic heterocycles. The average Bonchev–Trinajstić information content (AvgIpc) is 3.13. The number of carbonyl (C=O) groups is 1. The molecule has 3 aromatic carbocycles. The second-order valence-corrected chi connectivity index (χ2v) is 9.67. The molecule has 0 aliphatic rings. The normalized spacial score (nSPS) is 11.5. The summed E-state index contributed by atoms with van der Waals surface area (Å²) in [4.78, 5) is 17.2. The third kappa shape index (κ3) is 4.28. The maximum absolute atomic E-state index is 13.9. The van der Waals surface area contributed by atoms with E-state index in [1.807, 2.05) is 25.1 Å². The van der Waals surface area contributed by atoms with E-state index in [-0.39, 0.29) is 16.1 Å². The number of aromatic nitrogens is 1. The number of para-hydroxylation sites is 2. The number of benzene rings is 3. The fourth-order valence-electron chi connectivity index (χ4n) is 3.06. The molecule has 0 fully saturated rings. The number of nitrogens with one attached hydrogen (secondary N) is 2. The first-order valence-electron chi connectivity index (χ1n) is 9.30. The van der Waals surface area contributed by atoms with Gasteiger partial charge < -0.3 is 0 Å². The highest BCUT2D eigenvalue weighted by Crippen LogP contribution is 2.29. The first-order valence-corrected chi connectivity index (χ1v) is 11.6. The van der Waals surface area contributed by atoms with Crippen LogP contribution in [0.4, 0.5) is 15.2 Å². The minimum Gasteiger partial charge on any atom is -0.298 e. The van der Waals surface area contributed by atoms with Crippen molar-refractivity contribution in [2.24, 2.45) is 0 Å². The molecule has 1 aromatic heterocycles. The summed E-state index contributed by atoms with van der Waals surface area (Å²) < 4.78 is 42.5. The maximum atomic E-state index is 13.9. The summed E-state index contributed by atoms with van der Waals surface area (Å²) in [7, 11) is -4.09. The van der Waals surface area contributed by atoms with Crippen LogP contribution in [-0.4, -0.2) is 19.3 Å². The van der Waals surface area contributed by atoms with Crippen molar-refractivity contribution in [2.75, 3.05) is 10.0 Å². The Bertz CT molecular complexity index is 1410. The summed E-state index contributed by atoms with van der Waals surface area (Å²) in [5.41, 5.74) is 2.42. The van der Waals surface area contributed by atoms with Gasteiger partial charge in [-0.25, -0.2) is 17.8 Å². The Balaban J connectivity index is 1.63. The summed E-state index contributed by atoms with van der Waals surface area (Å²) >= 11 is 1.34. The minimum absolute atomic E-state index is 0.147. The molecule has 0 atom stereocenters. The maximum Gasteiger partial charge on any atom is 0.262 e. The van der Waals surface area contributed by atoms with Gasteiger partial charge in [0, 0.05) is 5.56 Å². The molecule has 4 rings (SSSR count). The van der Waals surface area contributed by atoms with Crippen LogP contribution in [0.1, 0.15) is 21.5 Å². The monoisotopic (exact) mass is 455 g/mol. The lowest BCUT2D eigenvalue weighted by Crippen LogP contribution is -2.17. The van der Waals surface area contributed by atoms with Crippen LogP contribution in [-0.2, 0) is 10.0 Å². The van der Waals surface area contributed by atoms with Gasteiger partial charge in [-0.3, -0.25) is 14.8 Å². The van der Waals surface area contributed by atoms with Crippen molar-refractivity contribution in [3.05, 3.63) is 83.2 Å². The number of hydrogen-bond donors (Lipinski definition) is 2. The Kier molecular flexibility index (Phi) is 5.47. The van der Waals surface area contributed by atoms with Crippen molar-refractivity contribution in [1.29, 1.82) is 0 Å². The summed E-state index contributed by atoms with van der Waals surface area (Å²) in [5.74, 6) is -1.17. The molecule has 1 amide bonds. The molecule has 4 aromatic rings. The van der Waals surface area contributed by atoms with Crippen LogP contribution in [0.2, 0.25) is 0 Å². The molecule has 6 nitrogen and oxygen atoms in total. The van der Waals surface area contributed by atoms with Gasteiger partial charge in [-0.1, -0.05) is 41.7 Å². The third-order valence-corrected chi connectivity index (χ3v) is 7.02. The number of carbonyl (C=O) groups excluding carboxylic acids is 1. The molecule has 0 spiro atoms. The van der Waals surface area contributed by atoms with Gasteiger partial charge in [-0.05, 0) is 55.3 Å². The molecule has 0 unspecified atom stereocenters. The molecule has 9 heteroatoms. The summed E-state index contributed by atoms with van der Waals surface area (Å²) in [6.45, 7) is 3.65. The number of anilines is 2. The SMILES string of the molecule is Cc1ccc(S(=O)(=O)Nc2ccccc2F)cc1C(=O)Nc1nc2c(C)cccc2s1. The number of nitrogens with zero attached hydrogens (tertiary/aromatic N) is 1. The number of thiazole rings is 1. The van der Waals surface area contributed by atoms with Crippen LogP contribution in [0, 0.1) is 19.7 Å². The smallest absolute Gasteiger partial charge is 0.262 e. The standard InChI is InChI=1S/C22H18FN3O3S2/c1-13-10-11-15(31(28,29)26-18-8-4-3-7-17(18)23)12-16(13)21(27)25-22-24-20-14(2)6-5-9-19(20)30-22/h3-12,26H,1-2H3,(H,24,25,27). The first kappa shape index (κ1) is 21.0. The van der Waals surface area contributed by atoms with E-state index in [1.54, 1.807) is 6.92 Å².